The van der Waals surface area contributed by atoms with Gasteiger partial charge in [0.15, 0.2) is 5.82 Å². The number of aromatic nitrogens is 3. The molecule has 0 aliphatic rings. The summed E-state index contributed by atoms with van der Waals surface area (Å²) in [5.41, 5.74) is -1.53. The van der Waals surface area contributed by atoms with Gasteiger partial charge in [-0.05, 0) is 13.0 Å². The largest absolute Gasteiger partial charge is 0.417 e. The van der Waals surface area contributed by atoms with Crippen LogP contribution in [-0.2, 0) is 6.18 Å². The van der Waals surface area contributed by atoms with Crippen LogP contribution in [-0.4, -0.2) is 19.7 Å². The Bertz CT molecular complexity index is 730. The topological polar surface area (TPSA) is 73.8 Å². The molecule has 0 saturated carbocycles. The maximum Gasteiger partial charge on any atom is 0.417 e. The van der Waals surface area contributed by atoms with Crippen LogP contribution in [0, 0.1) is 17.0 Å². The van der Waals surface area contributed by atoms with Crippen LogP contribution in [0.4, 0.5) is 18.9 Å². The third-order valence-electron chi connectivity index (χ3n) is 2.51. The molecule has 2 rings (SSSR count). The van der Waals surface area contributed by atoms with Gasteiger partial charge in [0.1, 0.15) is 5.69 Å². The molecule has 2 aromatic rings. The molecule has 11 heteroatoms. The third-order valence-corrected chi connectivity index (χ3v) is 3.12. The second-order valence-corrected chi connectivity index (χ2v) is 4.69. The van der Waals surface area contributed by atoms with Crippen molar-refractivity contribution in [1.29, 1.82) is 0 Å². The van der Waals surface area contributed by atoms with Gasteiger partial charge in [-0.1, -0.05) is 23.2 Å². The zero-order valence-corrected chi connectivity index (χ0v) is 11.7. The SMILES string of the molecule is Cc1nn(-c2ncc(C(F)(F)F)cc2Cl)c(Cl)c1[N+](=O)[O-]. The molecule has 6 nitrogen and oxygen atoms in total. The minimum absolute atomic E-state index is 0.0113. The monoisotopic (exact) mass is 340 g/mol. The van der Waals surface area contributed by atoms with Gasteiger partial charge in [0.05, 0.1) is 15.5 Å². The minimum Gasteiger partial charge on any atom is -0.258 e. The van der Waals surface area contributed by atoms with Crippen molar-refractivity contribution in [3.8, 4) is 5.82 Å². The second-order valence-electron chi connectivity index (χ2n) is 3.92. The number of aryl methyl sites for hydroxylation is 1. The van der Waals surface area contributed by atoms with Crippen molar-refractivity contribution < 1.29 is 18.1 Å². The van der Waals surface area contributed by atoms with Crippen molar-refractivity contribution >= 4 is 28.9 Å². The first-order chi connectivity index (χ1) is 9.62. The Morgan fingerprint density at radius 1 is 1.38 bits per heavy atom. The van der Waals surface area contributed by atoms with Crippen molar-refractivity contribution in [2.75, 3.05) is 0 Å². The van der Waals surface area contributed by atoms with Gasteiger partial charge in [-0.25, -0.2) is 4.98 Å². The Morgan fingerprint density at radius 2 is 2.00 bits per heavy atom. The molecule has 21 heavy (non-hydrogen) atoms. The standard InChI is InChI=1S/C10H5Cl2F3N4O2/c1-4-7(19(20)21)8(12)18(17-4)9-6(11)2-5(3-16-9)10(13,14)15/h2-3H,1H3. The van der Waals surface area contributed by atoms with E-state index in [4.69, 9.17) is 23.2 Å². The van der Waals surface area contributed by atoms with Crippen molar-refractivity contribution in [3.05, 3.63) is 43.8 Å². The van der Waals surface area contributed by atoms with E-state index in [2.05, 4.69) is 10.1 Å². The molecule has 2 heterocycles. The number of pyridine rings is 1. The van der Waals surface area contributed by atoms with Crippen LogP contribution < -0.4 is 0 Å². The maximum atomic E-state index is 12.5. The molecule has 0 atom stereocenters. The van der Waals surface area contributed by atoms with E-state index < -0.39 is 27.5 Å². The first kappa shape index (κ1) is 15.5. The van der Waals surface area contributed by atoms with Gasteiger partial charge in [-0.15, -0.1) is 0 Å². The van der Waals surface area contributed by atoms with Gasteiger partial charge in [-0.3, -0.25) is 10.1 Å². The smallest absolute Gasteiger partial charge is 0.258 e. The van der Waals surface area contributed by atoms with Crippen molar-refractivity contribution in [2.24, 2.45) is 0 Å². The fourth-order valence-corrected chi connectivity index (χ4v) is 2.15. The highest BCUT2D eigenvalue weighted by atomic mass is 35.5. The number of nitro groups is 1. The van der Waals surface area contributed by atoms with Crippen LogP contribution in [0.25, 0.3) is 5.82 Å². The van der Waals surface area contributed by atoms with Crippen LogP contribution in [0.1, 0.15) is 11.3 Å². The van der Waals surface area contributed by atoms with Gasteiger partial charge in [0, 0.05) is 6.20 Å². The Labute approximate surface area is 125 Å². The lowest BCUT2D eigenvalue weighted by molar-refractivity contribution is -0.385. The number of hydrogen-bond donors (Lipinski definition) is 0. The molecule has 2 aromatic heterocycles. The Kier molecular flexibility index (Phi) is 3.81. The molecular formula is C10H5Cl2F3N4O2. The van der Waals surface area contributed by atoms with Gasteiger partial charge in [0.25, 0.3) is 0 Å². The summed E-state index contributed by atoms with van der Waals surface area (Å²) in [6.45, 7) is 1.33. The molecule has 0 aliphatic heterocycles. The summed E-state index contributed by atoms with van der Waals surface area (Å²) >= 11 is 11.5. The normalized spacial score (nSPS) is 11.7. The average molecular weight is 341 g/mol. The van der Waals surface area contributed by atoms with E-state index in [9.17, 15) is 23.3 Å². The lowest BCUT2D eigenvalue weighted by atomic mass is 10.3. The van der Waals surface area contributed by atoms with Crippen LogP contribution in [0.15, 0.2) is 12.3 Å². The average Bonchev–Trinajstić information content (AvgIpc) is 2.63. The summed E-state index contributed by atoms with van der Waals surface area (Å²) in [6, 6.07) is 0.642. The molecule has 0 amide bonds. The predicted octanol–water partition coefficient (Wildman–Crippen LogP) is 3.81. The summed E-state index contributed by atoms with van der Waals surface area (Å²) in [4.78, 5) is 13.6. The molecule has 0 aromatic carbocycles. The molecule has 112 valence electrons. The first-order valence-electron chi connectivity index (χ1n) is 5.25. The molecule has 0 N–H and O–H groups in total. The lowest BCUT2D eigenvalue weighted by Crippen LogP contribution is -2.08. The highest BCUT2D eigenvalue weighted by Gasteiger charge is 2.32. The van der Waals surface area contributed by atoms with E-state index in [0.29, 0.717) is 12.3 Å². The molecule has 0 aliphatic carbocycles. The summed E-state index contributed by atoms with van der Waals surface area (Å²) in [5, 5.41) is 13.8. The molecular weight excluding hydrogens is 336 g/mol. The number of alkyl halides is 3. The highest BCUT2D eigenvalue weighted by Crippen LogP contribution is 2.34. The fourth-order valence-electron chi connectivity index (χ4n) is 1.58. The van der Waals surface area contributed by atoms with Crippen LogP contribution in [0.2, 0.25) is 10.2 Å². The molecule has 0 fully saturated rings. The number of hydrogen-bond acceptors (Lipinski definition) is 4. The predicted molar refractivity (Wildman–Crippen MR) is 67.8 cm³/mol. The highest BCUT2D eigenvalue weighted by molar-refractivity contribution is 6.33. The van der Waals surface area contributed by atoms with Gasteiger partial charge in [-0.2, -0.15) is 23.0 Å². The van der Waals surface area contributed by atoms with E-state index in [0.717, 1.165) is 4.68 Å². The zero-order valence-electron chi connectivity index (χ0n) is 10.1. The second kappa shape index (κ2) is 5.15. The zero-order chi connectivity index (χ0) is 15.9. The number of nitrogens with zero attached hydrogens (tertiary/aromatic N) is 4. The van der Waals surface area contributed by atoms with Gasteiger partial charge >= 0.3 is 11.9 Å². The number of rotatable bonds is 2. The van der Waals surface area contributed by atoms with Crippen LogP contribution >= 0.6 is 23.2 Å². The Hall–Kier alpha value is -1.87. The van der Waals surface area contributed by atoms with Gasteiger partial charge in [0.2, 0.25) is 5.15 Å². The van der Waals surface area contributed by atoms with Crippen LogP contribution in [0.3, 0.4) is 0 Å². The van der Waals surface area contributed by atoms with E-state index in [1.54, 1.807) is 0 Å². The summed E-state index contributed by atoms with van der Waals surface area (Å²) < 4.78 is 38.4. The first-order valence-corrected chi connectivity index (χ1v) is 6.01. The summed E-state index contributed by atoms with van der Waals surface area (Å²) in [5.74, 6) is -0.231. The number of halogens is 5. The quantitative estimate of drug-likeness (QED) is 0.615. The minimum atomic E-state index is -4.61. The third kappa shape index (κ3) is 2.79. The molecule has 0 radical (unpaired) electrons. The fraction of sp³-hybridized carbons (Fsp3) is 0.200. The molecule has 0 unspecified atom stereocenters. The summed E-state index contributed by atoms with van der Waals surface area (Å²) in [6.07, 6.45) is -4.06. The Morgan fingerprint density at radius 3 is 2.43 bits per heavy atom. The van der Waals surface area contributed by atoms with E-state index >= 15 is 0 Å². The Balaban J connectivity index is 2.59. The summed E-state index contributed by atoms with van der Waals surface area (Å²) in [7, 11) is 0. The van der Waals surface area contributed by atoms with Gasteiger partial charge < -0.3 is 0 Å². The van der Waals surface area contributed by atoms with Crippen molar-refractivity contribution in [2.45, 2.75) is 13.1 Å². The van der Waals surface area contributed by atoms with Crippen molar-refractivity contribution in [1.82, 2.24) is 14.8 Å². The maximum absolute atomic E-state index is 12.5. The lowest BCUT2D eigenvalue weighted by Gasteiger charge is -2.09. The van der Waals surface area contributed by atoms with E-state index in [1.165, 1.54) is 6.92 Å². The van der Waals surface area contributed by atoms with Crippen molar-refractivity contribution in [3.63, 3.8) is 0 Å². The van der Waals surface area contributed by atoms with Crippen LogP contribution in [0.5, 0.6) is 0 Å². The molecule has 0 saturated heterocycles. The molecule has 0 bridgehead atoms. The molecule has 0 spiro atoms. The van der Waals surface area contributed by atoms with E-state index in [-0.39, 0.29) is 16.5 Å². The van der Waals surface area contributed by atoms with E-state index in [1.807, 2.05) is 0 Å².